The van der Waals surface area contributed by atoms with E-state index >= 15 is 0 Å². The van der Waals surface area contributed by atoms with Crippen LogP contribution in [-0.4, -0.2) is 87.1 Å². The van der Waals surface area contributed by atoms with Crippen molar-refractivity contribution in [2.24, 2.45) is 17.8 Å². The van der Waals surface area contributed by atoms with E-state index in [9.17, 15) is 9.90 Å². The van der Waals surface area contributed by atoms with Crippen molar-refractivity contribution in [2.75, 3.05) is 44.7 Å². The molecule has 37 heavy (non-hydrogen) atoms. The summed E-state index contributed by atoms with van der Waals surface area (Å²) in [7, 11) is 0. The molecule has 3 aromatic rings. The number of aromatic nitrogens is 4. The minimum Gasteiger partial charge on any atom is -0.390 e. The number of pyridine rings is 1. The largest absolute Gasteiger partial charge is 0.390 e. The molecule has 5 fully saturated rings. The Kier molecular flexibility index (Phi) is 5.67. The Morgan fingerprint density at radius 1 is 1.22 bits per heavy atom. The highest BCUT2D eigenvalue weighted by Crippen LogP contribution is 2.56. The van der Waals surface area contributed by atoms with E-state index in [1.165, 1.54) is 0 Å². The van der Waals surface area contributed by atoms with Crippen molar-refractivity contribution in [3.8, 4) is 11.5 Å². The molecule has 11 heteroatoms. The number of rotatable bonds is 7. The molecule has 4 bridgehead atoms. The van der Waals surface area contributed by atoms with Crippen LogP contribution in [0.15, 0.2) is 23.0 Å². The molecular formula is C26H33N7O4. The number of aromatic amines is 1. The van der Waals surface area contributed by atoms with Crippen molar-refractivity contribution in [3.05, 3.63) is 24.3 Å². The predicted molar refractivity (Wildman–Crippen MR) is 135 cm³/mol. The first-order chi connectivity index (χ1) is 18.0. The second-order valence-corrected chi connectivity index (χ2v) is 11.3. The Labute approximate surface area is 214 Å². The molecule has 0 aromatic carbocycles. The van der Waals surface area contributed by atoms with Crippen LogP contribution in [0.5, 0.6) is 0 Å². The van der Waals surface area contributed by atoms with E-state index in [0.717, 1.165) is 81.7 Å². The summed E-state index contributed by atoms with van der Waals surface area (Å²) < 4.78 is 10.9. The first-order valence-corrected chi connectivity index (χ1v) is 13.4. The van der Waals surface area contributed by atoms with Gasteiger partial charge in [0.25, 0.3) is 17.6 Å². The second-order valence-electron chi connectivity index (χ2n) is 11.3. The molecule has 196 valence electrons. The molecule has 2 atom stereocenters. The smallest absolute Gasteiger partial charge is 0.292 e. The summed E-state index contributed by atoms with van der Waals surface area (Å²) in [6.07, 6.45) is 8.55. The Morgan fingerprint density at radius 2 is 2.03 bits per heavy atom. The SMILES string of the molecule is O=C(NCCN1CCOCC1)c1noc(-c2cnc3[nH]ccc3c2NC2C3CC4CC2CC(O)(C4)C3)n1. The number of morpholine rings is 1. The quantitative estimate of drug-likeness (QED) is 0.378. The average molecular weight is 508 g/mol. The number of carbonyl (C=O) groups is 1. The standard InChI is InChI=1S/C26H33N7O4/c34-24(28-3-4-33-5-7-36-8-6-33)23-31-25(37-32-23)19-14-29-22-18(1-2-27-22)21(19)30-20-16-9-15-10-17(20)13-26(35,11-15)12-16/h1-2,14-17,20,35H,3-13H2,(H,28,34)(H2,27,29,30). The van der Waals surface area contributed by atoms with E-state index < -0.39 is 5.60 Å². The minimum absolute atomic E-state index is 0.00828. The average Bonchev–Trinajstić information content (AvgIpc) is 3.56. The summed E-state index contributed by atoms with van der Waals surface area (Å²) in [6, 6.07) is 2.26. The zero-order chi connectivity index (χ0) is 25.0. The van der Waals surface area contributed by atoms with E-state index in [4.69, 9.17) is 9.26 Å². The number of anilines is 1. The van der Waals surface area contributed by atoms with Gasteiger partial charge in [0.2, 0.25) is 0 Å². The van der Waals surface area contributed by atoms with Crippen molar-refractivity contribution >= 4 is 22.6 Å². The van der Waals surface area contributed by atoms with Gasteiger partial charge >= 0.3 is 0 Å². The summed E-state index contributed by atoms with van der Waals surface area (Å²) in [6.45, 7) is 4.44. The number of fused-ring (bicyclic) bond motifs is 1. The van der Waals surface area contributed by atoms with E-state index in [-0.39, 0.29) is 23.7 Å². The van der Waals surface area contributed by atoms with Gasteiger partial charge in [0.1, 0.15) is 5.65 Å². The van der Waals surface area contributed by atoms with E-state index in [0.29, 0.717) is 29.9 Å². The summed E-state index contributed by atoms with van der Waals surface area (Å²) in [4.78, 5) is 27.1. The van der Waals surface area contributed by atoms with Crippen LogP contribution >= 0.6 is 0 Å². The highest BCUT2D eigenvalue weighted by atomic mass is 16.5. The number of H-pyrrole nitrogens is 1. The molecule has 8 rings (SSSR count). The van der Waals surface area contributed by atoms with Gasteiger partial charge < -0.3 is 30.0 Å². The number of amides is 1. The maximum absolute atomic E-state index is 12.7. The van der Waals surface area contributed by atoms with Gasteiger partial charge in [-0.25, -0.2) is 4.98 Å². The molecule has 11 nitrogen and oxygen atoms in total. The molecule has 4 aliphatic carbocycles. The van der Waals surface area contributed by atoms with E-state index in [1.54, 1.807) is 6.20 Å². The molecule has 1 saturated heterocycles. The maximum Gasteiger partial charge on any atom is 0.292 e. The van der Waals surface area contributed by atoms with Gasteiger partial charge in [0.05, 0.1) is 30.1 Å². The molecule has 3 aromatic heterocycles. The third kappa shape index (κ3) is 4.28. The molecule has 2 unspecified atom stereocenters. The zero-order valence-corrected chi connectivity index (χ0v) is 20.8. The Hall–Kier alpha value is -3.02. The lowest BCUT2D eigenvalue weighted by molar-refractivity contribution is -0.129. The fourth-order valence-corrected chi connectivity index (χ4v) is 7.37. The molecule has 4 N–H and O–H groups in total. The molecule has 1 amide bonds. The Balaban J connectivity index is 1.11. The van der Waals surface area contributed by atoms with Crippen LogP contribution in [-0.2, 0) is 4.74 Å². The number of aliphatic hydroxyl groups is 1. The first-order valence-electron chi connectivity index (χ1n) is 13.4. The summed E-state index contributed by atoms with van der Waals surface area (Å²) >= 11 is 0. The van der Waals surface area contributed by atoms with Gasteiger partial charge in [-0.05, 0) is 55.9 Å². The third-order valence-electron chi connectivity index (χ3n) is 8.82. The van der Waals surface area contributed by atoms with Gasteiger partial charge in [-0.1, -0.05) is 5.16 Å². The van der Waals surface area contributed by atoms with Crippen molar-refractivity contribution in [3.63, 3.8) is 0 Å². The lowest BCUT2D eigenvalue weighted by atomic mass is 9.52. The van der Waals surface area contributed by atoms with Crippen LogP contribution in [0.3, 0.4) is 0 Å². The Bertz CT molecular complexity index is 1280. The van der Waals surface area contributed by atoms with Gasteiger partial charge in [-0.3, -0.25) is 9.69 Å². The molecule has 0 spiro atoms. The van der Waals surface area contributed by atoms with Crippen LogP contribution in [0.4, 0.5) is 5.69 Å². The molecule has 4 heterocycles. The van der Waals surface area contributed by atoms with Crippen molar-refractivity contribution in [1.82, 2.24) is 30.3 Å². The molecule has 0 radical (unpaired) electrons. The molecular weight excluding hydrogens is 474 g/mol. The minimum atomic E-state index is -0.490. The van der Waals surface area contributed by atoms with Crippen molar-refractivity contribution in [2.45, 2.75) is 43.7 Å². The Morgan fingerprint density at radius 3 is 2.81 bits per heavy atom. The van der Waals surface area contributed by atoms with E-state index in [2.05, 4.69) is 35.6 Å². The highest BCUT2D eigenvalue weighted by Gasteiger charge is 2.54. The number of hydrogen-bond acceptors (Lipinski definition) is 9. The number of carbonyl (C=O) groups excluding carboxylic acids is 1. The lowest BCUT2D eigenvalue weighted by Gasteiger charge is -2.58. The number of ether oxygens (including phenoxy) is 1. The predicted octanol–water partition coefficient (Wildman–Crippen LogP) is 2.03. The lowest BCUT2D eigenvalue weighted by Crippen LogP contribution is -2.59. The molecule has 5 aliphatic rings. The summed E-state index contributed by atoms with van der Waals surface area (Å²) in [5.41, 5.74) is 1.85. The van der Waals surface area contributed by atoms with Gasteiger partial charge in [-0.2, -0.15) is 4.98 Å². The first kappa shape index (κ1) is 23.1. The molecule has 1 aliphatic heterocycles. The number of nitrogens with one attached hydrogen (secondary N) is 3. The van der Waals surface area contributed by atoms with Crippen LogP contribution in [0.2, 0.25) is 0 Å². The number of nitrogens with zero attached hydrogens (tertiary/aromatic N) is 4. The van der Waals surface area contributed by atoms with Crippen molar-refractivity contribution in [1.29, 1.82) is 0 Å². The monoisotopic (exact) mass is 507 g/mol. The summed E-state index contributed by atoms with van der Waals surface area (Å²) in [5.74, 6) is 1.41. The summed E-state index contributed by atoms with van der Waals surface area (Å²) in [5, 5.41) is 22.7. The van der Waals surface area contributed by atoms with Crippen LogP contribution in [0.1, 0.15) is 42.7 Å². The maximum atomic E-state index is 12.7. The van der Waals surface area contributed by atoms with Crippen LogP contribution in [0, 0.1) is 17.8 Å². The third-order valence-corrected chi connectivity index (χ3v) is 8.82. The fourth-order valence-electron chi connectivity index (χ4n) is 7.37. The fraction of sp³-hybridized carbons (Fsp3) is 0.615. The van der Waals surface area contributed by atoms with Gasteiger partial charge in [0, 0.05) is 50.0 Å². The van der Waals surface area contributed by atoms with Crippen molar-refractivity contribution < 1.29 is 19.2 Å². The van der Waals surface area contributed by atoms with Crippen LogP contribution in [0.25, 0.3) is 22.5 Å². The number of hydrogen-bond donors (Lipinski definition) is 4. The normalized spacial score (nSPS) is 31.2. The molecule has 4 saturated carbocycles. The van der Waals surface area contributed by atoms with E-state index in [1.807, 2.05) is 12.3 Å². The van der Waals surface area contributed by atoms with Gasteiger partial charge in [0.15, 0.2) is 0 Å². The topological polar surface area (TPSA) is 141 Å². The zero-order valence-electron chi connectivity index (χ0n) is 20.8. The van der Waals surface area contributed by atoms with Gasteiger partial charge in [-0.15, -0.1) is 0 Å². The second kappa shape index (κ2) is 9.07. The van der Waals surface area contributed by atoms with Crippen LogP contribution < -0.4 is 10.6 Å². The highest BCUT2D eigenvalue weighted by molar-refractivity contribution is 5.97.